The predicted molar refractivity (Wildman–Crippen MR) is 134 cm³/mol. The highest BCUT2D eigenvalue weighted by molar-refractivity contribution is 7.99. The summed E-state index contributed by atoms with van der Waals surface area (Å²) in [6.07, 6.45) is 1.29. The molecule has 0 atom stereocenters. The van der Waals surface area contributed by atoms with Gasteiger partial charge in [-0.1, -0.05) is 41.1 Å². The lowest BCUT2D eigenvalue weighted by Gasteiger charge is -2.14. The Morgan fingerprint density at radius 2 is 1.83 bits per heavy atom. The zero-order chi connectivity index (χ0) is 24.8. The van der Waals surface area contributed by atoms with E-state index in [1.54, 1.807) is 42.5 Å². The number of rotatable bonds is 8. The Morgan fingerprint density at radius 1 is 1.14 bits per heavy atom. The van der Waals surface area contributed by atoms with Crippen LogP contribution in [0.1, 0.15) is 5.56 Å². The third kappa shape index (κ3) is 5.94. The minimum atomic E-state index is -0.361. The van der Waals surface area contributed by atoms with Gasteiger partial charge < -0.3 is 9.84 Å². The van der Waals surface area contributed by atoms with Gasteiger partial charge in [0.15, 0.2) is 0 Å². The fourth-order valence-electron chi connectivity index (χ4n) is 3.16. The molecule has 8 nitrogen and oxygen atoms in total. The molecule has 4 rings (SSSR count). The van der Waals surface area contributed by atoms with Crippen LogP contribution in [0, 0.1) is 0 Å². The number of ether oxygens (including phenoxy) is 1. The minimum Gasteiger partial charge on any atom is -0.870 e. The van der Waals surface area contributed by atoms with Crippen LogP contribution >= 0.6 is 35.0 Å². The Balaban J connectivity index is 1.50. The molecule has 0 radical (unpaired) electrons. The highest BCUT2D eigenvalue weighted by atomic mass is 35.5. The van der Waals surface area contributed by atoms with Crippen LogP contribution in [0.4, 0.5) is 0 Å². The van der Waals surface area contributed by atoms with Crippen molar-refractivity contribution in [3.63, 3.8) is 0 Å². The summed E-state index contributed by atoms with van der Waals surface area (Å²) in [5.74, 6) is 0.291. The summed E-state index contributed by atoms with van der Waals surface area (Å²) in [5.41, 5.74) is 4.41. The summed E-state index contributed by atoms with van der Waals surface area (Å²) in [7, 11) is 1.42. The van der Waals surface area contributed by atoms with Crippen LogP contribution in [-0.4, -0.2) is 35.2 Å². The summed E-state index contributed by atoms with van der Waals surface area (Å²) >= 11 is 13.3. The predicted octanol–water partition coefficient (Wildman–Crippen LogP) is 3.98. The SMILES string of the molecule is COc1cccc(C=NNC(=O)CSc2n[nH]c(-c3ccc(Cl)cc3)[n+]2-c2ccc(Cl)cc2)c1[O-]. The molecule has 1 aromatic heterocycles. The molecule has 0 bridgehead atoms. The van der Waals surface area contributed by atoms with Crippen LogP contribution in [0.25, 0.3) is 17.1 Å². The molecule has 0 aliphatic carbocycles. The molecule has 35 heavy (non-hydrogen) atoms. The molecule has 0 aliphatic heterocycles. The van der Waals surface area contributed by atoms with Gasteiger partial charge in [-0.2, -0.15) is 9.67 Å². The highest BCUT2D eigenvalue weighted by Gasteiger charge is 2.24. The van der Waals surface area contributed by atoms with E-state index in [9.17, 15) is 9.90 Å². The summed E-state index contributed by atoms with van der Waals surface area (Å²) in [5, 5.41) is 25.3. The Morgan fingerprint density at radius 3 is 2.51 bits per heavy atom. The molecule has 4 aromatic rings. The molecule has 0 aliphatic rings. The van der Waals surface area contributed by atoms with E-state index in [4.69, 9.17) is 27.9 Å². The zero-order valence-corrected chi connectivity index (χ0v) is 20.7. The molecular formula is C24H19Cl2N5O3S. The quantitative estimate of drug-likeness (QED) is 0.156. The number of benzene rings is 3. The molecular weight excluding hydrogens is 509 g/mol. The number of para-hydroxylation sites is 1. The van der Waals surface area contributed by atoms with Crippen molar-refractivity contribution in [2.75, 3.05) is 12.9 Å². The average molecular weight is 528 g/mol. The van der Waals surface area contributed by atoms with Crippen molar-refractivity contribution in [1.29, 1.82) is 0 Å². The molecule has 1 amide bonds. The summed E-state index contributed by atoms with van der Waals surface area (Å²) in [6, 6.07) is 19.4. The van der Waals surface area contributed by atoms with E-state index in [2.05, 4.69) is 20.7 Å². The first kappa shape index (κ1) is 24.6. The molecule has 0 saturated carbocycles. The van der Waals surface area contributed by atoms with Gasteiger partial charge in [0.2, 0.25) is 0 Å². The van der Waals surface area contributed by atoms with E-state index >= 15 is 0 Å². The highest BCUT2D eigenvalue weighted by Crippen LogP contribution is 2.25. The lowest BCUT2D eigenvalue weighted by molar-refractivity contribution is -0.625. The minimum absolute atomic E-state index is 0.0399. The van der Waals surface area contributed by atoms with Crippen LogP contribution in [0.3, 0.4) is 0 Å². The van der Waals surface area contributed by atoms with Gasteiger partial charge in [-0.3, -0.25) is 4.79 Å². The van der Waals surface area contributed by atoms with Crippen LogP contribution in [-0.2, 0) is 4.79 Å². The molecule has 3 aromatic carbocycles. The van der Waals surface area contributed by atoms with Gasteiger partial charge in [0.25, 0.3) is 11.7 Å². The van der Waals surface area contributed by atoms with E-state index in [-0.39, 0.29) is 23.2 Å². The maximum absolute atomic E-state index is 12.4. The van der Waals surface area contributed by atoms with Crippen molar-refractivity contribution < 1.29 is 19.2 Å². The van der Waals surface area contributed by atoms with Crippen molar-refractivity contribution in [3.05, 3.63) is 82.3 Å². The van der Waals surface area contributed by atoms with Gasteiger partial charge in [-0.05, 0) is 71.9 Å². The lowest BCUT2D eigenvalue weighted by Crippen LogP contribution is -2.34. The van der Waals surface area contributed by atoms with Crippen molar-refractivity contribution in [1.82, 2.24) is 15.6 Å². The average Bonchev–Trinajstić information content (AvgIpc) is 3.28. The van der Waals surface area contributed by atoms with Gasteiger partial charge in [0, 0.05) is 10.0 Å². The zero-order valence-electron chi connectivity index (χ0n) is 18.4. The van der Waals surface area contributed by atoms with Gasteiger partial charge in [0.1, 0.15) is 11.4 Å². The maximum atomic E-state index is 12.4. The molecule has 2 N–H and O–H groups in total. The fourth-order valence-corrected chi connectivity index (χ4v) is 4.17. The largest absolute Gasteiger partial charge is 0.870 e. The number of aromatic nitrogens is 3. The summed E-state index contributed by atoms with van der Waals surface area (Å²) in [6.45, 7) is 0. The number of H-pyrrole nitrogens is 1. The normalized spacial score (nSPS) is 11.1. The third-order valence-electron chi connectivity index (χ3n) is 4.83. The monoisotopic (exact) mass is 527 g/mol. The number of halogens is 2. The third-order valence-corrected chi connectivity index (χ3v) is 6.27. The van der Waals surface area contributed by atoms with Gasteiger partial charge >= 0.3 is 5.16 Å². The first-order valence-corrected chi connectivity index (χ1v) is 12.0. The lowest BCUT2D eigenvalue weighted by atomic mass is 10.2. The summed E-state index contributed by atoms with van der Waals surface area (Å²) in [4.78, 5) is 12.4. The van der Waals surface area contributed by atoms with Crippen LogP contribution in [0.2, 0.25) is 10.0 Å². The van der Waals surface area contributed by atoms with Crippen molar-refractivity contribution in [2.24, 2.45) is 5.10 Å². The number of amides is 1. The second-order valence-electron chi connectivity index (χ2n) is 7.13. The molecule has 0 unspecified atom stereocenters. The molecule has 11 heteroatoms. The van der Waals surface area contributed by atoms with E-state index in [0.717, 1.165) is 11.3 Å². The number of nitrogens with zero attached hydrogens (tertiary/aromatic N) is 3. The number of carbonyl (C=O) groups is 1. The van der Waals surface area contributed by atoms with Crippen molar-refractivity contribution >= 4 is 47.1 Å². The maximum Gasteiger partial charge on any atom is 0.342 e. The van der Waals surface area contributed by atoms with E-state index < -0.39 is 0 Å². The number of hydrogen-bond acceptors (Lipinski definition) is 6. The number of thioether (sulfide) groups is 1. The van der Waals surface area contributed by atoms with E-state index in [1.165, 1.54) is 25.1 Å². The van der Waals surface area contributed by atoms with E-state index in [1.807, 2.05) is 28.8 Å². The molecule has 0 spiro atoms. The number of hydrazone groups is 1. The Bertz CT molecular complexity index is 1360. The van der Waals surface area contributed by atoms with Crippen molar-refractivity contribution in [3.8, 4) is 28.6 Å². The van der Waals surface area contributed by atoms with Crippen LogP contribution < -0.4 is 19.8 Å². The first-order valence-electron chi connectivity index (χ1n) is 10.3. The number of hydrogen-bond donors (Lipinski definition) is 2. The number of carbonyl (C=O) groups excluding carboxylic acids is 1. The first-order chi connectivity index (χ1) is 17.0. The second kappa shape index (κ2) is 11.3. The topological polar surface area (TPSA) is 106 Å². The number of nitrogens with one attached hydrogen (secondary N) is 2. The van der Waals surface area contributed by atoms with Gasteiger partial charge in [-0.15, -0.1) is 5.10 Å². The van der Waals surface area contributed by atoms with Crippen LogP contribution in [0.15, 0.2) is 77.0 Å². The standard InChI is InChI=1S/C24H19Cl2N5O3S/c1-34-20-4-2-3-16(22(20)33)13-27-28-21(32)14-35-24-30-29-23(15-5-7-17(25)8-6-15)31(24)19-11-9-18(26)10-12-19/h2-13H,14H2,1H3,(H2,27,28,32,33). The molecule has 178 valence electrons. The number of methoxy groups -OCH3 is 1. The van der Waals surface area contributed by atoms with Gasteiger partial charge in [-0.25, -0.2) is 5.43 Å². The smallest absolute Gasteiger partial charge is 0.342 e. The van der Waals surface area contributed by atoms with Crippen LogP contribution in [0.5, 0.6) is 11.5 Å². The Labute approximate surface area is 215 Å². The fraction of sp³-hybridized carbons (Fsp3) is 0.0833. The number of aromatic amines is 1. The molecule has 1 heterocycles. The summed E-state index contributed by atoms with van der Waals surface area (Å²) < 4.78 is 6.89. The Hall–Kier alpha value is -3.53. The Kier molecular flexibility index (Phi) is 7.91. The van der Waals surface area contributed by atoms with Gasteiger partial charge in [0.05, 0.1) is 29.7 Å². The second-order valence-corrected chi connectivity index (χ2v) is 8.95. The van der Waals surface area contributed by atoms with Crippen molar-refractivity contribution in [2.45, 2.75) is 5.16 Å². The molecule has 0 saturated heterocycles. The molecule has 0 fully saturated rings. The van der Waals surface area contributed by atoms with E-state index in [0.29, 0.717) is 26.6 Å².